The summed E-state index contributed by atoms with van der Waals surface area (Å²) in [6.07, 6.45) is 1.00. The van der Waals surface area contributed by atoms with E-state index in [-0.39, 0.29) is 6.00 Å². The summed E-state index contributed by atoms with van der Waals surface area (Å²) in [5, 5.41) is 11.0. The fraction of sp³-hybridized carbons (Fsp3) is 0.429. The maximum Gasteiger partial charge on any atom is 0.120 e. The van der Waals surface area contributed by atoms with Crippen LogP contribution in [0.4, 0.5) is 5.00 Å². The topological polar surface area (TPSA) is 23.5 Å². The van der Waals surface area contributed by atoms with Crippen molar-refractivity contribution in [1.82, 2.24) is 0 Å². The van der Waals surface area contributed by atoms with Crippen LogP contribution in [-0.4, -0.2) is 11.2 Å². The minimum Gasteiger partial charge on any atom is -0.286 e. The van der Waals surface area contributed by atoms with Crippen molar-refractivity contribution < 1.29 is 5.21 Å². The smallest absolute Gasteiger partial charge is 0.120 e. The molecule has 4 heteroatoms. The Labute approximate surface area is 75.0 Å². The van der Waals surface area contributed by atoms with Crippen LogP contribution >= 0.6 is 22.9 Å². The minimum absolute atomic E-state index is 0.115. The predicted octanol–water partition coefficient (Wildman–Crippen LogP) is 2.70. The molecule has 0 aliphatic carbocycles. The van der Waals surface area contributed by atoms with Gasteiger partial charge in [-0.05, 0) is 18.6 Å². The van der Waals surface area contributed by atoms with Crippen LogP contribution in [0.1, 0.15) is 11.8 Å². The van der Waals surface area contributed by atoms with Crippen LogP contribution in [0, 0.1) is 0 Å². The lowest BCUT2D eigenvalue weighted by Gasteiger charge is -2.08. The average molecular weight is 192 g/mol. The van der Waals surface area contributed by atoms with E-state index in [4.69, 9.17) is 16.8 Å². The summed E-state index contributed by atoms with van der Waals surface area (Å²) in [4.78, 5) is 1.25. The zero-order valence-corrected chi connectivity index (χ0v) is 7.82. The van der Waals surface area contributed by atoms with Gasteiger partial charge in [0.25, 0.3) is 0 Å². The van der Waals surface area contributed by atoms with E-state index in [0.717, 1.165) is 16.5 Å². The van der Waals surface area contributed by atoms with Gasteiger partial charge in [0.15, 0.2) is 0 Å². The van der Waals surface area contributed by atoms with Gasteiger partial charge in [-0.2, -0.15) is 0 Å². The molecule has 2 nitrogen and oxygen atoms in total. The van der Waals surface area contributed by atoms with Crippen molar-refractivity contribution in [3.63, 3.8) is 0 Å². The number of thiophene rings is 1. The zero-order chi connectivity index (χ0) is 8.27. The highest BCUT2D eigenvalue weighted by molar-refractivity contribution is 7.16. The largest absolute Gasteiger partial charge is 0.286 e. The van der Waals surface area contributed by atoms with E-state index in [1.165, 1.54) is 4.88 Å². The Bertz CT molecular complexity index is 226. The molecule has 0 aliphatic heterocycles. The van der Waals surface area contributed by atoms with Gasteiger partial charge in [0, 0.05) is 4.88 Å². The first kappa shape index (κ1) is 8.84. The highest BCUT2D eigenvalue weighted by atomic mass is 35.5. The van der Waals surface area contributed by atoms with Gasteiger partial charge in [-0.25, -0.2) is 5.06 Å². The van der Waals surface area contributed by atoms with Crippen LogP contribution in [0.25, 0.3) is 0 Å². The molecule has 0 spiro atoms. The van der Waals surface area contributed by atoms with Gasteiger partial charge in [0.1, 0.15) is 11.0 Å². The van der Waals surface area contributed by atoms with E-state index in [1.54, 1.807) is 11.3 Å². The molecule has 11 heavy (non-hydrogen) atoms. The molecule has 0 atom stereocenters. The van der Waals surface area contributed by atoms with Gasteiger partial charge in [-0.15, -0.1) is 22.9 Å². The fourth-order valence-corrected chi connectivity index (χ4v) is 1.81. The lowest BCUT2D eigenvalue weighted by molar-refractivity contribution is 0.275. The number of hydrogen-bond donors (Lipinski definition) is 1. The van der Waals surface area contributed by atoms with E-state index in [0.29, 0.717) is 0 Å². The average Bonchev–Trinajstić information content (AvgIpc) is 2.50. The number of halogens is 1. The molecule has 0 fully saturated rings. The molecule has 0 saturated carbocycles. The zero-order valence-electron chi connectivity index (χ0n) is 6.25. The molecule has 1 rings (SSSR count). The maximum atomic E-state index is 9.15. The SMILES string of the molecule is CCc1ccc(N(O)CCl)s1. The van der Waals surface area contributed by atoms with Crippen LogP contribution in [0.2, 0.25) is 0 Å². The Hall–Kier alpha value is -0.250. The molecule has 0 amide bonds. The number of nitrogens with zero attached hydrogens (tertiary/aromatic N) is 1. The number of hydroxylamine groups is 1. The second kappa shape index (κ2) is 3.95. The molecule has 0 aromatic carbocycles. The molecule has 1 N–H and O–H groups in total. The van der Waals surface area contributed by atoms with E-state index < -0.39 is 0 Å². The van der Waals surface area contributed by atoms with Gasteiger partial charge >= 0.3 is 0 Å². The number of rotatable bonds is 3. The van der Waals surface area contributed by atoms with Crippen molar-refractivity contribution in [1.29, 1.82) is 0 Å². The van der Waals surface area contributed by atoms with Crippen LogP contribution in [0.5, 0.6) is 0 Å². The maximum absolute atomic E-state index is 9.15. The second-order valence-electron chi connectivity index (χ2n) is 2.11. The van der Waals surface area contributed by atoms with Gasteiger partial charge in [-0.1, -0.05) is 6.92 Å². The number of hydrogen-bond acceptors (Lipinski definition) is 3. The summed E-state index contributed by atoms with van der Waals surface area (Å²) in [7, 11) is 0. The Morgan fingerprint density at radius 1 is 1.64 bits per heavy atom. The number of aryl methyl sites for hydroxylation is 1. The molecule has 1 aromatic rings. The Balaban J connectivity index is 2.71. The van der Waals surface area contributed by atoms with Gasteiger partial charge < -0.3 is 0 Å². The summed E-state index contributed by atoms with van der Waals surface area (Å²) < 4.78 is 0. The van der Waals surface area contributed by atoms with Crippen molar-refractivity contribution in [3.8, 4) is 0 Å². The fourth-order valence-electron chi connectivity index (χ4n) is 0.754. The Morgan fingerprint density at radius 2 is 2.36 bits per heavy atom. The summed E-state index contributed by atoms with van der Waals surface area (Å²) in [6.45, 7) is 2.08. The molecule has 0 aliphatic rings. The third-order valence-electron chi connectivity index (χ3n) is 1.36. The first-order chi connectivity index (χ1) is 5.27. The second-order valence-corrected chi connectivity index (χ2v) is 3.50. The van der Waals surface area contributed by atoms with Gasteiger partial charge in [-0.3, -0.25) is 5.21 Å². The van der Waals surface area contributed by atoms with Crippen LogP contribution in [0.3, 0.4) is 0 Å². The third kappa shape index (κ3) is 2.09. The highest BCUT2D eigenvalue weighted by Crippen LogP contribution is 2.25. The molecular formula is C7H10ClNOS. The third-order valence-corrected chi connectivity index (χ3v) is 2.83. The molecule has 1 heterocycles. The Kier molecular flexibility index (Phi) is 3.17. The van der Waals surface area contributed by atoms with Crippen molar-refractivity contribution in [2.24, 2.45) is 0 Å². The molecule has 0 bridgehead atoms. The van der Waals surface area contributed by atoms with Crippen LogP contribution in [0.15, 0.2) is 12.1 Å². The predicted molar refractivity (Wildman–Crippen MR) is 48.7 cm³/mol. The first-order valence-electron chi connectivity index (χ1n) is 3.39. The normalized spacial score (nSPS) is 10.1. The molecule has 0 unspecified atom stereocenters. The van der Waals surface area contributed by atoms with Crippen LogP contribution < -0.4 is 5.06 Å². The van der Waals surface area contributed by atoms with Crippen molar-refractivity contribution in [2.75, 3.05) is 11.1 Å². The van der Waals surface area contributed by atoms with Crippen LogP contribution in [-0.2, 0) is 6.42 Å². The van der Waals surface area contributed by atoms with Gasteiger partial charge in [0.05, 0.1) is 0 Å². The standard InChI is InChI=1S/C7H10ClNOS/c1-2-6-3-4-7(11-6)9(10)5-8/h3-4,10H,2,5H2,1H3. The monoisotopic (exact) mass is 191 g/mol. The molecular weight excluding hydrogens is 182 g/mol. The van der Waals surface area contributed by atoms with Crippen molar-refractivity contribution in [2.45, 2.75) is 13.3 Å². The highest BCUT2D eigenvalue weighted by Gasteiger charge is 2.03. The van der Waals surface area contributed by atoms with E-state index in [2.05, 4.69) is 6.92 Å². The van der Waals surface area contributed by atoms with E-state index in [9.17, 15) is 0 Å². The van der Waals surface area contributed by atoms with E-state index in [1.807, 2.05) is 12.1 Å². The first-order valence-corrected chi connectivity index (χ1v) is 4.74. The number of anilines is 1. The molecule has 1 aromatic heterocycles. The van der Waals surface area contributed by atoms with Crippen molar-refractivity contribution >= 4 is 27.9 Å². The number of alkyl halides is 1. The summed E-state index contributed by atoms with van der Waals surface area (Å²) >= 11 is 6.98. The quantitative estimate of drug-likeness (QED) is 0.451. The molecule has 0 saturated heterocycles. The van der Waals surface area contributed by atoms with E-state index >= 15 is 0 Å². The Morgan fingerprint density at radius 3 is 2.82 bits per heavy atom. The summed E-state index contributed by atoms with van der Waals surface area (Å²) in [5.41, 5.74) is 0. The summed E-state index contributed by atoms with van der Waals surface area (Å²) in [5.74, 6) is 0. The lowest BCUT2D eigenvalue weighted by Crippen LogP contribution is -2.13. The minimum atomic E-state index is 0.115. The van der Waals surface area contributed by atoms with Crippen molar-refractivity contribution in [3.05, 3.63) is 17.0 Å². The lowest BCUT2D eigenvalue weighted by atomic mass is 10.4. The molecule has 62 valence electrons. The van der Waals surface area contributed by atoms with Gasteiger partial charge in [0.2, 0.25) is 0 Å². The summed E-state index contributed by atoms with van der Waals surface area (Å²) in [6, 6.07) is 3.98. The molecule has 0 radical (unpaired) electrons.